The van der Waals surface area contributed by atoms with Crippen molar-refractivity contribution in [3.05, 3.63) is 65.0 Å². The van der Waals surface area contributed by atoms with E-state index >= 15 is 0 Å². The Balaban J connectivity index is 1.45. The molecule has 1 saturated heterocycles. The van der Waals surface area contributed by atoms with Gasteiger partial charge >= 0.3 is 6.01 Å². The lowest BCUT2D eigenvalue weighted by molar-refractivity contribution is -0.117. The van der Waals surface area contributed by atoms with E-state index in [9.17, 15) is 9.59 Å². The van der Waals surface area contributed by atoms with Crippen molar-refractivity contribution in [1.29, 1.82) is 0 Å². The maximum atomic E-state index is 12.5. The molecule has 148 valence electrons. The van der Waals surface area contributed by atoms with Gasteiger partial charge in [0.05, 0.1) is 16.5 Å². The van der Waals surface area contributed by atoms with Gasteiger partial charge in [-0.2, -0.15) is 0 Å². The molecule has 1 aromatic heterocycles. The molecule has 0 radical (unpaired) electrons. The number of halogens is 1. The number of aromatic nitrogens is 2. The monoisotopic (exact) mass is 428 g/mol. The molecule has 9 heteroatoms. The van der Waals surface area contributed by atoms with Crippen LogP contribution in [0.4, 0.5) is 11.7 Å². The first-order valence-electron chi connectivity index (χ1n) is 8.89. The van der Waals surface area contributed by atoms with E-state index in [2.05, 4.69) is 15.5 Å². The Bertz CT molecular complexity index is 1050. The van der Waals surface area contributed by atoms with Crippen LogP contribution in [0, 0.1) is 0 Å². The van der Waals surface area contributed by atoms with Crippen LogP contribution in [0.2, 0.25) is 5.02 Å². The minimum absolute atomic E-state index is 0.00763. The van der Waals surface area contributed by atoms with Crippen LogP contribution in [-0.4, -0.2) is 34.8 Å². The van der Waals surface area contributed by atoms with Crippen molar-refractivity contribution in [2.45, 2.75) is 17.2 Å². The van der Waals surface area contributed by atoms with Crippen molar-refractivity contribution in [3.8, 4) is 0 Å². The minimum Gasteiger partial charge on any atom is -0.407 e. The van der Waals surface area contributed by atoms with Gasteiger partial charge < -0.3 is 9.32 Å². The van der Waals surface area contributed by atoms with Gasteiger partial charge in [0.25, 0.3) is 5.91 Å². The van der Waals surface area contributed by atoms with E-state index in [-0.39, 0.29) is 24.3 Å². The summed E-state index contributed by atoms with van der Waals surface area (Å²) in [7, 11) is 0. The highest BCUT2D eigenvalue weighted by Crippen LogP contribution is 2.32. The maximum Gasteiger partial charge on any atom is 0.322 e. The molecular formula is C20H17ClN4O3S. The highest BCUT2D eigenvalue weighted by molar-refractivity contribution is 7.98. The Morgan fingerprint density at radius 3 is 2.69 bits per heavy atom. The largest absolute Gasteiger partial charge is 0.407 e. The number of thioether (sulfide) groups is 1. The van der Waals surface area contributed by atoms with Crippen molar-refractivity contribution in [3.63, 3.8) is 0 Å². The van der Waals surface area contributed by atoms with E-state index < -0.39 is 5.91 Å². The molecule has 4 rings (SSSR count). The summed E-state index contributed by atoms with van der Waals surface area (Å²) in [6.45, 7) is 0.442. The molecule has 0 spiro atoms. The van der Waals surface area contributed by atoms with Gasteiger partial charge in [0.1, 0.15) is 0 Å². The third-order valence-electron chi connectivity index (χ3n) is 4.64. The van der Waals surface area contributed by atoms with Crippen LogP contribution >= 0.6 is 23.4 Å². The van der Waals surface area contributed by atoms with Crippen LogP contribution in [0.5, 0.6) is 0 Å². The second-order valence-electron chi connectivity index (χ2n) is 6.48. The molecule has 1 N–H and O–H groups in total. The lowest BCUT2D eigenvalue weighted by atomic mass is 10.1. The zero-order valence-corrected chi connectivity index (χ0v) is 17.0. The third kappa shape index (κ3) is 4.13. The molecular weight excluding hydrogens is 412 g/mol. The van der Waals surface area contributed by atoms with Crippen LogP contribution in [0.3, 0.4) is 0 Å². The molecule has 3 aromatic rings. The van der Waals surface area contributed by atoms with Crippen LogP contribution < -0.4 is 10.2 Å². The van der Waals surface area contributed by atoms with Gasteiger partial charge in [0, 0.05) is 23.5 Å². The van der Waals surface area contributed by atoms with E-state index in [1.807, 2.05) is 30.5 Å². The van der Waals surface area contributed by atoms with Crippen molar-refractivity contribution < 1.29 is 14.0 Å². The summed E-state index contributed by atoms with van der Waals surface area (Å²) in [5.41, 5.74) is 1.15. The van der Waals surface area contributed by atoms with E-state index in [1.165, 1.54) is 0 Å². The second kappa shape index (κ2) is 8.26. The fraction of sp³-hybridized carbons (Fsp3) is 0.200. The Hall–Kier alpha value is -2.84. The van der Waals surface area contributed by atoms with E-state index in [0.29, 0.717) is 23.0 Å². The molecule has 0 aliphatic carbocycles. The number of rotatable bonds is 5. The number of nitrogens with zero attached hydrogens (tertiary/aromatic N) is 3. The van der Waals surface area contributed by atoms with E-state index in [4.69, 9.17) is 16.0 Å². The standard InChI is InChI=1S/C20H17ClN4O3S/c1-29-14-8-6-13(7-9-14)25-11-12(10-17(25)26)19-23-24-20(28-19)22-18(27)15-4-2-3-5-16(15)21/h2-9,12H,10-11H2,1H3,(H,22,24,27)/t12-/m0/s1. The number of benzene rings is 2. The molecule has 1 atom stereocenters. The Kier molecular flexibility index (Phi) is 5.55. The average molecular weight is 429 g/mol. The average Bonchev–Trinajstić information content (AvgIpc) is 3.35. The SMILES string of the molecule is CSc1ccc(N2C[C@@H](c3nnc(NC(=O)c4ccccc4Cl)o3)CC2=O)cc1. The Labute approximate surface area is 176 Å². The Morgan fingerprint density at radius 2 is 1.97 bits per heavy atom. The molecule has 1 fully saturated rings. The summed E-state index contributed by atoms with van der Waals surface area (Å²) in [6.07, 6.45) is 2.27. The van der Waals surface area contributed by atoms with E-state index in [0.717, 1.165) is 10.6 Å². The summed E-state index contributed by atoms with van der Waals surface area (Å²) in [6, 6.07) is 14.5. The van der Waals surface area contributed by atoms with Gasteiger partial charge in [0.2, 0.25) is 11.8 Å². The predicted octanol–water partition coefficient (Wildman–Crippen LogP) is 4.22. The number of carbonyl (C=O) groups is 2. The summed E-state index contributed by atoms with van der Waals surface area (Å²) >= 11 is 7.68. The molecule has 2 aromatic carbocycles. The summed E-state index contributed by atoms with van der Waals surface area (Å²) in [4.78, 5) is 27.6. The normalized spacial score (nSPS) is 16.3. The predicted molar refractivity (Wildman–Crippen MR) is 112 cm³/mol. The molecule has 2 amide bonds. The van der Waals surface area contributed by atoms with Gasteiger partial charge in [-0.05, 0) is 42.7 Å². The third-order valence-corrected chi connectivity index (χ3v) is 5.71. The molecule has 2 heterocycles. The minimum atomic E-state index is -0.441. The fourth-order valence-electron chi connectivity index (χ4n) is 3.14. The first kappa shape index (κ1) is 19.5. The number of anilines is 2. The molecule has 0 unspecified atom stereocenters. The van der Waals surface area contributed by atoms with Crippen molar-refractivity contribution >= 4 is 46.9 Å². The molecule has 29 heavy (non-hydrogen) atoms. The van der Waals surface area contributed by atoms with Crippen LogP contribution in [-0.2, 0) is 4.79 Å². The zero-order chi connectivity index (χ0) is 20.4. The number of hydrogen-bond donors (Lipinski definition) is 1. The lowest BCUT2D eigenvalue weighted by Crippen LogP contribution is -2.24. The van der Waals surface area contributed by atoms with Crippen LogP contribution in [0.1, 0.15) is 28.6 Å². The highest BCUT2D eigenvalue weighted by atomic mass is 35.5. The van der Waals surface area contributed by atoms with Gasteiger partial charge in [0.15, 0.2) is 0 Å². The molecule has 0 bridgehead atoms. The van der Waals surface area contributed by atoms with Crippen LogP contribution in [0.25, 0.3) is 0 Å². The summed E-state index contributed by atoms with van der Waals surface area (Å²) in [5, 5.41) is 10.8. The quantitative estimate of drug-likeness (QED) is 0.612. The fourth-order valence-corrected chi connectivity index (χ4v) is 3.77. The maximum absolute atomic E-state index is 12.5. The van der Waals surface area contributed by atoms with Crippen LogP contribution in [0.15, 0.2) is 57.8 Å². The first-order valence-corrected chi connectivity index (χ1v) is 10.5. The summed E-state index contributed by atoms with van der Waals surface area (Å²) in [5.74, 6) is -0.368. The molecule has 7 nitrogen and oxygen atoms in total. The van der Waals surface area contributed by atoms with E-state index in [1.54, 1.807) is 40.9 Å². The molecule has 1 aliphatic rings. The lowest BCUT2D eigenvalue weighted by Gasteiger charge is -2.16. The van der Waals surface area contributed by atoms with Crippen molar-refractivity contribution in [2.24, 2.45) is 0 Å². The number of hydrogen-bond acceptors (Lipinski definition) is 6. The van der Waals surface area contributed by atoms with Gasteiger partial charge in [-0.1, -0.05) is 28.8 Å². The van der Waals surface area contributed by atoms with Gasteiger partial charge in [-0.15, -0.1) is 16.9 Å². The number of carbonyl (C=O) groups excluding carboxylic acids is 2. The van der Waals surface area contributed by atoms with Gasteiger partial charge in [-0.25, -0.2) is 0 Å². The van der Waals surface area contributed by atoms with Crippen molar-refractivity contribution in [2.75, 3.05) is 23.0 Å². The smallest absolute Gasteiger partial charge is 0.322 e. The number of nitrogens with one attached hydrogen (secondary N) is 1. The second-order valence-corrected chi connectivity index (χ2v) is 7.77. The first-order chi connectivity index (χ1) is 14.0. The zero-order valence-electron chi connectivity index (χ0n) is 15.5. The topological polar surface area (TPSA) is 88.3 Å². The highest BCUT2D eigenvalue weighted by Gasteiger charge is 2.35. The van der Waals surface area contributed by atoms with Gasteiger partial charge in [-0.3, -0.25) is 14.9 Å². The van der Waals surface area contributed by atoms with Crippen molar-refractivity contribution in [1.82, 2.24) is 10.2 Å². The molecule has 1 aliphatic heterocycles. The molecule has 0 saturated carbocycles. The Morgan fingerprint density at radius 1 is 1.21 bits per heavy atom. The summed E-state index contributed by atoms with van der Waals surface area (Å²) < 4.78 is 5.59. The number of amides is 2.